The van der Waals surface area contributed by atoms with E-state index in [1.165, 1.54) is 11.0 Å². The smallest absolute Gasteiger partial charge is 0.430 e. The van der Waals surface area contributed by atoms with Crippen molar-refractivity contribution in [1.82, 2.24) is 4.90 Å². The average molecular weight is 408 g/mol. The minimum atomic E-state index is -3.12. The quantitative estimate of drug-likeness (QED) is 0.332. The predicted molar refractivity (Wildman–Crippen MR) is 100 cm³/mol. The van der Waals surface area contributed by atoms with Gasteiger partial charge in [0.1, 0.15) is 17.4 Å². The number of hydrogen-bond donors (Lipinski definition) is 5. The molecule has 0 radical (unpaired) electrons. The van der Waals surface area contributed by atoms with Gasteiger partial charge in [-0.05, 0) is 24.5 Å². The Morgan fingerprint density at radius 1 is 1.31 bits per heavy atom. The Balaban J connectivity index is 1.63. The summed E-state index contributed by atoms with van der Waals surface area (Å²) in [6, 6.07) is 2.24. The molecule has 1 atom stereocenters. The number of carboxylic acid groups (broad SMARTS) is 1. The summed E-state index contributed by atoms with van der Waals surface area (Å²) in [6.07, 6.45) is 0.0314. The fourth-order valence-electron chi connectivity index (χ4n) is 3.31. The minimum Gasteiger partial charge on any atom is -0.669 e. The molecule has 2 amide bonds. The van der Waals surface area contributed by atoms with Crippen LogP contribution in [-0.2, 0) is 16.0 Å². The fourth-order valence-corrected chi connectivity index (χ4v) is 3.31. The number of rotatable bonds is 7. The van der Waals surface area contributed by atoms with Crippen LogP contribution in [0.5, 0.6) is 11.5 Å². The molecule has 0 unspecified atom stereocenters. The van der Waals surface area contributed by atoms with E-state index in [1.807, 2.05) is 0 Å². The molecular formula is C17H23BN3O8-. The third kappa shape index (κ3) is 4.61. The summed E-state index contributed by atoms with van der Waals surface area (Å²) in [7, 11) is 0. The number of carboxylic acids is 1. The Morgan fingerprint density at radius 3 is 2.62 bits per heavy atom. The summed E-state index contributed by atoms with van der Waals surface area (Å²) in [6.45, 7) is -2.63. The van der Waals surface area contributed by atoms with Gasteiger partial charge in [-0.25, -0.2) is 4.79 Å². The number of aromatic carboxylic acids is 1. The second-order valence-corrected chi connectivity index (χ2v) is 7.33. The van der Waals surface area contributed by atoms with Crippen LogP contribution in [-0.4, -0.2) is 69.8 Å². The monoisotopic (exact) mass is 408 g/mol. The van der Waals surface area contributed by atoms with Gasteiger partial charge in [0.25, 0.3) is 0 Å². The second-order valence-electron chi connectivity index (χ2n) is 7.33. The maximum atomic E-state index is 12.1. The third-order valence-corrected chi connectivity index (χ3v) is 5.04. The van der Waals surface area contributed by atoms with Crippen molar-refractivity contribution in [2.24, 2.45) is 11.5 Å². The summed E-state index contributed by atoms with van der Waals surface area (Å²) < 4.78 is 10.8. The number of carbonyl (C=O) groups excluding carboxylic acids is 2. The van der Waals surface area contributed by atoms with Crippen molar-refractivity contribution in [3.05, 3.63) is 23.3 Å². The van der Waals surface area contributed by atoms with Gasteiger partial charge in [-0.1, -0.05) is 12.4 Å². The van der Waals surface area contributed by atoms with E-state index in [0.717, 1.165) is 0 Å². The lowest BCUT2D eigenvalue weighted by Crippen LogP contribution is -2.56. The van der Waals surface area contributed by atoms with Crippen molar-refractivity contribution in [3.63, 3.8) is 0 Å². The lowest BCUT2D eigenvalue weighted by atomic mass is 9.70. The summed E-state index contributed by atoms with van der Waals surface area (Å²) >= 11 is 0. The van der Waals surface area contributed by atoms with Crippen LogP contribution in [0.25, 0.3) is 0 Å². The standard InChI is InChI=1S/C17H23BN3O8/c19-11(16(20)23)2-4-13(22)21-7-10(8-21)28-12-3-1-9-5-6-18(26,27)29-15(9)14(12)17(24)25/h1,3,10-11,26-27H,2,4-8,19H2,(H2,20,23)(H,24,25)/q-1/t11-/m1/s1. The van der Waals surface area contributed by atoms with Gasteiger partial charge in [0, 0.05) is 6.42 Å². The Hall–Kier alpha value is -2.83. The number of fused-ring (bicyclic) bond motifs is 1. The number of benzene rings is 1. The number of likely N-dealkylation sites (tertiary alicyclic amines) is 1. The summed E-state index contributed by atoms with van der Waals surface area (Å²) in [5.41, 5.74) is 10.8. The van der Waals surface area contributed by atoms with E-state index >= 15 is 0 Å². The highest BCUT2D eigenvalue weighted by Crippen LogP contribution is 2.38. The number of ether oxygens (including phenoxy) is 1. The second kappa shape index (κ2) is 7.89. The predicted octanol–water partition coefficient (Wildman–Crippen LogP) is -1.57. The van der Waals surface area contributed by atoms with E-state index in [0.29, 0.717) is 5.56 Å². The lowest BCUT2D eigenvalue weighted by molar-refractivity contribution is -0.140. The van der Waals surface area contributed by atoms with Crippen LogP contribution in [0.4, 0.5) is 0 Å². The maximum absolute atomic E-state index is 12.1. The average Bonchev–Trinajstić information content (AvgIpc) is 2.60. The van der Waals surface area contributed by atoms with Crippen LogP contribution in [0, 0.1) is 0 Å². The summed E-state index contributed by atoms with van der Waals surface area (Å²) in [5, 5.41) is 29.1. The molecule has 2 heterocycles. The normalized spacial score (nSPS) is 18.8. The molecule has 0 bridgehead atoms. The van der Waals surface area contributed by atoms with E-state index in [1.54, 1.807) is 6.07 Å². The van der Waals surface area contributed by atoms with Crippen LogP contribution in [0.1, 0.15) is 28.8 Å². The first kappa shape index (κ1) is 20.9. The van der Waals surface area contributed by atoms with Crippen LogP contribution in [0.15, 0.2) is 12.1 Å². The summed E-state index contributed by atoms with van der Waals surface area (Å²) in [4.78, 5) is 36.2. The Bertz CT molecular complexity index is 840. The number of nitrogens with zero attached hydrogens (tertiary/aromatic N) is 1. The molecule has 7 N–H and O–H groups in total. The molecule has 0 aromatic heterocycles. The van der Waals surface area contributed by atoms with Crippen LogP contribution < -0.4 is 20.9 Å². The van der Waals surface area contributed by atoms with E-state index in [9.17, 15) is 29.5 Å². The molecule has 2 aliphatic heterocycles. The first-order chi connectivity index (χ1) is 13.6. The maximum Gasteiger partial charge on any atom is 0.430 e. The van der Waals surface area contributed by atoms with Crippen LogP contribution in [0.2, 0.25) is 6.32 Å². The highest BCUT2D eigenvalue weighted by molar-refractivity contribution is 6.59. The molecule has 0 spiro atoms. The molecule has 11 nitrogen and oxygen atoms in total. The molecule has 1 saturated heterocycles. The van der Waals surface area contributed by atoms with E-state index in [4.69, 9.17) is 20.9 Å². The van der Waals surface area contributed by atoms with Gasteiger partial charge in [-0.15, -0.1) is 0 Å². The minimum absolute atomic E-state index is 0.0225. The molecule has 12 heteroatoms. The zero-order chi connectivity index (χ0) is 21.3. The molecule has 0 saturated carbocycles. The van der Waals surface area contributed by atoms with Gasteiger partial charge in [0.15, 0.2) is 0 Å². The van der Waals surface area contributed by atoms with Gasteiger partial charge in [-0.3, -0.25) is 9.59 Å². The molecule has 29 heavy (non-hydrogen) atoms. The highest BCUT2D eigenvalue weighted by atomic mass is 16.6. The first-order valence-corrected chi connectivity index (χ1v) is 9.25. The van der Waals surface area contributed by atoms with Crippen molar-refractivity contribution < 1.29 is 38.9 Å². The zero-order valence-electron chi connectivity index (χ0n) is 15.6. The molecule has 3 rings (SSSR count). The van der Waals surface area contributed by atoms with Gasteiger partial charge < -0.3 is 40.9 Å². The van der Waals surface area contributed by atoms with Crippen molar-refractivity contribution >= 4 is 24.5 Å². The van der Waals surface area contributed by atoms with Crippen molar-refractivity contribution in [1.29, 1.82) is 0 Å². The number of primary amides is 1. The van der Waals surface area contributed by atoms with Gasteiger partial charge in [-0.2, -0.15) is 0 Å². The van der Waals surface area contributed by atoms with E-state index < -0.39 is 30.8 Å². The number of carbonyl (C=O) groups is 3. The van der Waals surface area contributed by atoms with E-state index in [2.05, 4.69) is 0 Å². The zero-order valence-corrected chi connectivity index (χ0v) is 15.6. The van der Waals surface area contributed by atoms with Gasteiger partial charge in [0.05, 0.1) is 24.9 Å². The molecule has 1 aromatic rings. The topological polar surface area (TPSA) is 186 Å². The SMILES string of the molecule is NC(=O)[C@H](N)CCC(=O)N1CC(Oc2ccc3c(c2C(=O)O)O[B-](O)(O)CC3)C1. The third-order valence-electron chi connectivity index (χ3n) is 5.04. The van der Waals surface area contributed by atoms with E-state index in [-0.39, 0.29) is 61.6 Å². The Morgan fingerprint density at radius 2 is 2.00 bits per heavy atom. The van der Waals surface area contributed by atoms with Gasteiger partial charge >= 0.3 is 12.7 Å². The number of amides is 2. The number of hydrogen-bond acceptors (Lipinski definition) is 8. The Labute approximate surface area is 166 Å². The summed E-state index contributed by atoms with van der Waals surface area (Å²) in [5.74, 6) is -2.29. The Kier molecular flexibility index (Phi) is 5.69. The number of aryl methyl sites for hydroxylation is 1. The molecule has 1 aromatic carbocycles. The lowest BCUT2D eigenvalue weighted by Gasteiger charge is -2.40. The van der Waals surface area contributed by atoms with Crippen molar-refractivity contribution in [2.75, 3.05) is 13.1 Å². The van der Waals surface area contributed by atoms with Crippen molar-refractivity contribution in [2.45, 2.75) is 37.7 Å². The largest absolute Gasteiger partial charge is 0.669 e. The first-order valence-electron chi connectivity index (χ1n) is 9.25. The molecule has 0 aliphatic carbocycles. The van der Waals surface area contributed by atoms with Crippen LogP contribution in [0.3, 0.4) is 0 Å². The highest BCUT2D eigenvalue weighted by Gasteiger charge is 2.36. The van der Waals surface area contributed by atoms with Gasteiger partial charge in [0.2, 0.25) is 11.8 Å². The molecule has 158 valence electrons. The molecule has 1 fully saturated rings. The van der Waals surface area contributed by atoms with Crippen LogP contribution >= 0.6 is 0 Å². The molecular weight excluding hydrogens is 385 g/mol. The number of nitrogens with two attached hydrogens (primary N) is 2. The van der Waals surface area contributed by atoms with Crippen molar-refractivity contribution in [3.8, 4) is 11.5 Å². The fraction of sp³-hybridized carbons (Fsp3) is 0.471. The molecule has 2 aliphatic rings.